The maximum atomic E-state index is 12.5. The smallest absolute Gasteiger partial charge is 0.370 e. The number of aromatic nitrogens is 2. The normalized spacial score (nSPS) is 15.6. The number of halogens is 3. The lowest BCUT2D eigenvalue weighted by atomic mass is 10.2. The van der Waals surface area contributed by atoms with Crippen molar-refractivity contribution in [3.8, 4) is 0 Å². The fourth-order valence-electron chi connectivity index (χ4n) is 2.00. The SMILES string of the molecule is O=c1cc(C(F)(F)F)nc2ccc(N3CCC3)cn12. The van der Waals surface area contributed by atoms with Gasteiger partial charge < -0.3 is 4.90 Å². The Labute approximate surface area is 106 Å². The van der Waals surface area contributed by atoms with Crippen LogP contribution in [0.25, 0.3) is 5.65 Å². The standard InChI is InChI=1S/C12H10F3N3O/c13-12(14,15)9-6-11(19)18-7-8(17-4-1-5-17)2-3-10(18)16-9/h2-3,6-7H,1,4-5H2. The van der Waals surface area contributed by atoms with Gasteiger partial charge in [0.05, 0.1) is 5.69 Å². The molecule has 0 unspecified atom stereocenters. The van der Waals surface area contributed by atoms with Gasteiger partial charge in [0.25, 0.3) is 5.56 Å². The zero-order valence-electron chi connectivity index (χ0n) is 9.81. The molecule has 0 spiro atoms. The monoisotopic (exact) mass is 269 g/mol. The van der Waals surface area contributed by atoms with Crippen molar-refractivity contribution in [2.45, 2.75) is 12.6 Å². The molecule has 0 radical (unpaired) electrons. The van der Waals surface area contributed by atoms with Crippen LogP contribution in [0.2, 0.25) is 0 Å². The fraction of sp³-hybridized carbons (Fsp3) is 0.333. The number of hydrogen-bond acceptors (Lipinski definition) is 3. The Morgan fingerprint density at radius 1 is 1.21 bits per heavy atom. The molecule has 4 nitrogen and oxygen atoms in total. The highest BCUT2D eigenvalue weighted by Gasteiger charge is 2.33. The summed E-state index contributed by atoms with van der Waals surface area (Å²) in [5.41, 5.74) is -1.06. The van der Waals surface area contributed by atoms with E-state index in [1.165, 1.54) is 12.3 Å². The molecule has 0 saturated carbocycles. The van der Waals surface area contributed by atoms with Gasteiger partial charge in [0.1, 0.15) is 5.65 Å². The van der Waals surface area contributed by atoms with Crippen molar-refractivity contribution in [2.75, 3.05) is 18.0 Å². The summed E-state index contributed by atoms with van der Waals surface area (Å²) in [6, 6.07) is 3.64. The predicted octanol–water partition coefficient (Wildman–Crippen LogP) is 1.92. The Balaban J connectivity index is 2.15. The number of hydrogen-bond donors (Lipinski definition) is 0. The van der Waals surface area contributed by atoms with Gasteiger partial charge in [-0.3, -0.25) is 9.20 Å². The molecule has 1 fully saturated rings. The second-order valence-electron chi connectivity index (χ2n) is 4.43. The molecule has 7 heteroatoms. The van der Waals surface area contributed by atoms with Crippen LogP contribution in [-0.2, 0) is 6.18 Å². The van der Waals surface area contributed by atoms with E-state index in [9.17, 15) is 18.0 Å². The summed E-state index contributed by atoms with van der Waals surface area (Å²) >= 11 is 0. The second kappa shape index (κ2) is 3.97. The van der Waals surface area contributed by atoms with Crippen LogP contribution in [0.3, 0.4) is 0 Å². The molecule has 0 atom stereocenters. The zero-order chi connectivity index (χ0) is 13.6. The van der Waals surface area contributed by atoms with Crippen LogP contribution in [0.1, 0.15) is 12.1 Å². The van der Waals surface area contributed by atoms with Crippen LogP contribution >= 0.6 is 0 Å². The molecule has 0 N–H and O–H groups in total. The third-order valence-electron chi connectivity index (χ3n) is 3.16. The summed E-state index contributed by atoms with van der Waals surface area (Å²) in [6.07, 6.45) is -1.99. The molecule has 2 aromatic rings. The first-order chi connectivity index (χ1) is 8.95. The minimum absolute atomic E-state index is 0.00379. The van der Waals surface area contributed by atoms with Gasteiger partial charge in [-0.15, -0.1) is 0 Å². The van der Waals surface area contributed by atoms with E-state index in [0.29, 0.717) is 6.07 Å². The van der Waals surface area contributed by atoms with Gasteiger partial charge >= 0.3 is 6.18 Å². The predicted molar refractivity (Wildman–Crippen MR) is 63.3 cm³/mol. The Kier molecular flexibility index (Phi) is 2.51. The summed E-state index contributed by atoms with van der Waals surface area (Å²) in [6.45, 7) is 1.79. The van der Waals surface area contributed by atoms with Gasteiger partial charge in [-0.25, -0.2) is 4.98 Å². The summed E-state index contributed by atoms with van der Waals surface area (Å²) in [5, 5.41) is 0. The van der Waals surface area contributed by atoms with Crippen LogP contribution in [0.5, 0.6) is 0 Å². The largest absolute Gasteiger partial charge is 0.433 e. The molecule has 0 amide bonds. The van der Waals surface area contributed by atoms with E-state index < -0.39 is 17.4 Å². The van der Waals surface area contributed by atoms with Crippen molar-refractivity contribution in [2.24, 2.45) is 0 Å². The zero-order valence-corrected chi connectivity index (χ0v) is 9.81. The second-order valence-corrected chi connectivity index (χ2v) is 4.43. The van der Waals surface area contributed by atoms with Crippen LogP contribution in [-0.4, -0.2) is 22.5 Å². The van der Waals surface area contributed by atoms with E-state index >= 15 is 0 Å². The lowest BCUT2D eigenvalue weighted by Gasteiger charge is -2.33. The van der Waals surface area contributed by atoms with Gasteiger partial charge in [0.2, 0.25) is 0 Å². The summed E-state index contributed by atoms with van der Waals surface area (Å²) in [7, 11) is 0. The molecule has 1 aliphatic rings. The van der Waals surface area contributed by atoms with Gasteiger partial charge in [0.15, 0.2) is 5.69 Å². The van der Waals surface area contributed by atoms with Crippen molar-refractivity contribution in [3.05, 3.63) is 40.4 Å². The number of pyridine rings is 1. The van der Waals surface area contributed by atoms with E-state index in [0.717, 1.165) is 29.6 Å². The van der Waals surface area contributed by atoms with Crippen LogP contribution in [0.4, 0.5) is 18.9 Å². The average Bonchev–Trinajstić information content (AvgIpc) is 2.26. The molecule has 100 valence electrons. The topological polar surface area (TPSA) is 37.6 Å². The maximum absolute atomic E-state index is 12.5. The van der Waals surface area contributed by atoms with Gasteiger partial charge in [-0.1, -0.05) is 0 Å². The number of rotatable bonds is 1. The minimum Gasteiger partial charge on any atom is -0.370 e. The molecule has 0 bridgehead atoms. The number of anilines is 1. The lowest BCUT2D eigenvalue weighted by Crippen LogP contribution is -2.37. The Hall–Kier alpha value is -2.05. The molecule has 2 aromatic heterocycles. The molecule has 0 aliphatic carbocycles. The quantitative estimate of drug-likeness (QED) is 0.793. The Bertz CT molecular complexity index is 689. The molecular formula is C12H10F3N3O. The highest BCUT2D eigenvalue weighted by Crippen LogP contribution is 2.27. The van der Waals surface area contributed by atoms with Crippen molar-refractivity contribution in [1.82, 2.24) is 9.38 Å². The molecule has 1 saturated heterocycles. The van der Waals surface area contributed by atoms with Crippen LogP contribution in [0.15, 0.2) is 29.2 Å². The summed E-state index contributed by atoms with van der Waals surface area (Å²) in [5.74, 6) is 0. The molecule has 3 heterocycles. The number of nitrogens with zero attached hydrogens (tertiary/aromatic N) is 3. The first kappa shape index (κ1) is 12.0. The average molecular weight is 269 g/mol. The van der Waals surface area contributed by atoms with Gasteiger partial charge in [-0.05, 0) is 18.6 Å². The van der Waals surface area contributed by atoms with E-state index in [1.807, 2.05) is 4.90 Å². The molecular weight excluding hydrogens is 259 g/mol. The number of fused-ring (bicyclic) bond motifs is 1. The fourth-order valence-corrected chi connectivity index (χ4v) is 2.00. The first-order valence-corrected chi connectivity index (χ1v) is 5.81. The Morgan fingerprint density at radius 3 is 2.53 bits per heavy atom. The molecule has 1 aliphatic heterocycles. The van der Waals surface area contributed by atoms with Crippen molar-refractivity contribution < 1.29 is 13.2 Å². The van der Waals surface area contributed by atoms with Crippen molar-refractivity contribution in [3.63, 3.8) is 0 Å². The summed E-state index contributed by atoms with van der Waals surface area (Å²) < 4.78 is 38.8. The summed E-state index contributed by atoms with van der Waals surface area (Å²) in [4.78, 5) is 17.2. The third-order valence-corrected chi connectivity index (χ3v) is 3.16. The molecule has 3 rings (SSSR count). The third kappa shape index (κ3) is 2.05. The number of alkyl halides is 3. The van der Waals surface area contributed by atoms with Crippen molar-refractivity contribution >= 4 is 11.3 Å². The van der Waals surface area contributed by atoms with Crippen LogP contribution < -0.4 is 10.5 Å². The van der Waals surface area contributed by atoms with E-state index in [2.05, 4.69) is 4.98 Å². The van der Waals surface area contributed by atoms with E-state index in [-0.39, 0.29) is 5.65 Å². The van der Waals surface area contributed by atoms with Gasteiger partial charge in [-0.2, -0.15) is 13.2 Å². The highest BCUT2D eigenvalue weighted by atomic mass is 19.4. The van der Waals surface area contributed by atoms with Gasteiger partial charge in [0, 0.05) is 25.4 Å². The first-order valence-electron chi connectivity index (χ1n) is 5.81. The van der Waals surface area contributed by atoms with Crippen LogP contribution in [0, 0.1) is 0 Å². The van der Waals surface area contributed by atoms with Crippen molar-refractivity contribution in [1.29, 1.82) is 0 Å². The molecule has 0 aromatic carbocycles. The molecule has 19 heavy (non-hydrogen) atoms. The highest BCUT2D eigenvalue weighted by molar-refractivity contribution is 5.53. The lowest BCUT2D eigenvalue weighted by molar-refractivity contribution is -0.141. The minimum atomic E-state index is -4.61. The Morgan fingerprint density at radius 2 is 1.95 bits per heavy atom. The van der Waals surface area contributed by atoms with E-state index in [1.54, 1.807) is 6.07 Å². The van der Waals surface area contributed by atoms with E-state index in [4.69, 9.17) is 0 Å². The maximum Gasteiger partial charge on any atom is 0.433 e.